The topological polar surface area (TPSA) is 71.3 Å². The van der Waals surface area contributed by atoms with Gasteiger partial charge in [-0.3, -0.25) is 4.79 Å². The van der Waals surface area contributed by atoms with Crippen molar-refractivity contribution in [3.63, 3.8) is 0 Å². The molecule has 26 heavy (non-hydrogen) atoms. The normalized spacial score (nSPS) is 15.8. The minimum Gasteiger partial charge on any atom is -0.371 e. The third-order valence-corrected chi connectivity index (χ3v) is 5.00. The molecular weight excluding hydrogens is 328 g/mol. The number of rotatable bonds is 7. The van der Waals surface area contributed by atoms with E-state index in [0.717, 1.165) is 44.2 Å². The Morgan fingerprint density at radius 2 is 1.96 bits per heavy atom. The summed E-state index contributed by atoms with van der Waals surface area (Å²) in [4.78, 5) is 19.3. The van der Waals surface area contributed by atoms with E-state index >= 15 is 0 Å². The van der Waals surface area contributed by atoms with Crippen molar-refractivity contribution in [1.82, 2.24) is 15.0 Å². The first-order valence-corrected chi connectivity index (χ1v) is 9.44. The van der Waals surface area contributed by atoms with Gasteiger partial charge < -0.3 is 14.7 Å². The number of benzene rings is 1. The number of nitrogens with one attached hydrogen (secondary N) is 1. The number of hydrogen-bond donors (Lipinski definition) is 1. The van der Waals surface area contributed by atoms with Crippen LogP contribution in [0.15, 0.2) is 28.8 Å². The zero-order valence-electron chi connectivity index (χ0n) is 15.9. The number of aryl methyl sites for hydroxylation is 2. The molecule has 1 fully saturated rings. The van der Waals surface area contributed by atoms with Gasteiger partial charge in [-0.15, -0.1) is 0 Å². The van der Waals surface area contributed by atoms with Crippen LogP contribution in [0.25, 0.3) is 0 Å². The first-order valence-electron chi connectivity index (χ1n) is 9.44. The van der Waals surface area contributed by atoms with Gasteiger partial charge in [0.2, 0.25) is 11.8 Å². The van der Waals surface area contributed by atoms with Gasteiger partial charge in [0, 0.05) is 19.2 Å². The lowest BCUT2D eigenvalue weighted by Crippen LogP contribution is -2.51. The Kier molecular flexibility index (Phi) is 5.59. The molecule has 1 N–H and O–H groups in total. The predicted molar refractivity (Wildman–Crippen MR) is 101 cm³/mol. The maximum atomic E-state index is 13.3. The molecule has 2 aromatic rings. The van der Waals surface area contributed by atoms with E-state index in [9.17, 15) is 4.79 Å². The fraction of sp³-hybridized carbons (Fsp3) is 0.550. The predicted octanol–water partition coefficient (Wildman–Crippen LogP) is 3.71. The Bertz CT molecular complexity index is 733. The van der Waals surface area contributed by atoms with E-state index < -0.39 is 5.54 Å². The number of carbonyl (C=O) groups excluding carboxylic acids is 1. The van der Waals surface area contributed by atoms with Gasteiger partial charge in [-0.25, -0.2) is 0 Å². The van der Waals surface area contributed by atoms with Gasteiger partial charge in [0.1, 0.15) is 5.54 Å². The molecule has 0 atom stereocenters. The van der Waals surface area contributed by atoms with Crippen molar-refractivity contribution in [2.45, 2.75) is 64.5 Å². The molecule has 1 aromatic carbocycles. The average molecular weight is 356 g/mol. The molecule has 3 rings (SSSR count). The molecule has 1 saturated carbocycles. The highest BCUT2D eigenvalue weighted by molar-refractivity contribution is 5.89. The van der Waals surface area contributed by atoms with Crippen LogP contribution in [0, 0.1) is 6.92 Å². The van der Waals surface area contributed by atoms with Crippen LogP contribution >= 0.6 is 0 Å². The van der Waals surface area contributed by atoms with Crippen LogP contribution in [0.3, 0.4) is 0 Å². The van der Waals surface area contributed by atoms with Crippen LogP contribution in [-0.2, 0) is 17.8 Å². The van der Waals surface area contributed by atoms with Crippen molar-refractivity contribution in [2.75, 3.05) is 12.4 Å². The molecule has 1 aliphatic rings. The maximum absolute atomic E-state index is 13.3. The second-order valence-electron chi connectivity index (χ2n) is 7.30. The van der Waals surface area contributed by atoms with E-state index in [-0.39, 0.29) is 5.91 Å². The number of aromatic nitrogens is 2. The van der Waals surface area contributed by atoms with Gasteiger partial charge in [0.25, 0.3) is 0 Å². The Balaban J connectivity index is 1.71. The van der Waals surface area contributed by atoms with Crippen molar-refractivity contribution in [3.8, 4) is 0 Å². The second-order valence-corrected chi connectivity index (χ2v) is 7.30. The lowest BCUT2D eigenvalue weighted by atomic mass is 9.94. The van der Waals surface area contributed by atoms with Crippen LogP contribution < -0.4 is 5.32 Å². The van der Waals surface area contributed by atoms with E-state index in [4.69, 9.17) is 4.52 Å². The Morgan fingerprint density at radius 1 is 1.27 bits per heavy atom. The lowest BCUT2D eigenvalue weighted by molar-refractivity contribution is -0.135. The SMILES string of the molecule is CCCc1nc(CN(C)C(=O)C2(Nc3ccc(C)cc3)CCCC2)no1. The summed E-state index contributed by atoms with van der Waals surface area (Å²) in [5.41, 5.74) is 1.66. The molecular formula is C20H28N4O2. The van der Waals surface area contributed by atoms with Crippen LogP contribution in [0.2, 0.25) is 0 Å². The summed E-state index contributed by atoms with van der Waals surface area (Å²) in [7, 11) is 1.81. The van der Waals surface area contributed by atoms with Crippen LogP contribution in [0.5, 0.6) is 0 Å². The fourth-order valence-electron chi connectivity index (χ4n) is 3.60. The largest absolute Gasteiger partial charge is 0.371 e. The molecule has 1 aliphatic carbocycles. The van der Waals surface area contributed by atoms with Gasteiger partial charge in [0.05, 0.1) is 6.54 Å². The number of amides is 1. The van der Waals surface area contributed by atoms with E-state index in [2.05, 4.69) is 41.4 Å². The minimum atomic E-state index is -0.542. The monoisotopic (exact) mass is 356 g/mol. The molecule has 1 heterocycles. The van der Waals surface area contributed by atoms with Crippen molar-refractivity contribution in [3.05, 3.63) is 41.5 Å². The molecule has 1 aromatic heterocycles. The summed E-state index contributed by atoms with van der Waals surface area (Å²) >= 11 is 0. The summed E-state index contributed by atoms with van der Waals surface area (Å²) in [6, 6.07) is 8.21. The molecule has 0 unspecified atom stereocenters. The van der Waals surface area contributed by atoms with E-state index in [1.165, 1.54) is 5.56 Å². The highest BCUT2D eigenvalue weighted by Crippen LogP contribution is 2.35. The highest BCUT2D eigenvalue weighted by atomic mass is 16.5. The van der Waals surface area contributed by atoms with Gasteiger partial charge in [-0.05, 0) is 38.3 Å². The molecule has 0 saturated heterocycles. The standard InChI is InChI=1S/C20H28N4O2/c1-4-7-18-21-17(23-26-18)14-24(3)19(25)20(12-5-6-13-20)22-16-10-8-15(2)9-11-16/h8-11,22H,4-7,12-14H2,1-3H3. The zero-order chi connectivity index (χ0) is 18.6. The highest BCUT2D eigenvalue weighted by Gasteiger charge is 2.43. The quantitative estimate of drug-likeness (QED) is 0.819. The molecule has 0 radical (unpaired) electrons. The minimum absolute atomic E-state index is 0.0948. The van der Waals surface area contributed by atoms with Gasteiger partial charge >= 0.3 is 0 Å². The fourth-order valence-corrected chi connectivity index (χ4v) is 3.60. The van der Waals surface area contributed by atoms with Crippen LogP contribution in [-0.4, -0.2) is 33.5 Å². The first-order chi connectivity index (χ1) is 12.5. The van der Waals surface area contributed by atoms with Crippen molar-refractivity contribution < 1.29 is 9.32 Å². The van der Waals surface area contributed by atoms with Gasteiger partial charge in [-0.2, -0.15) is 4.98 Å². The maximum Gasteiger partial charge on any atom is 0.248 e. The van der Waals surface area contributed by atoms with Crippen molar-refractivity contribution >= 4 is 11.6 Å². The number of nitrogens with zero attached hydrogens (tertiary/aromatic N) is 3. The Morgan fingerprint density at radius 3 is 2.62 bits per heavy atom. The number of anilines is 1. The molecule has 0 spiro atoms. The number of hydrogen-bond acceptors (Lipinski definition) is 5. The van der Waals surface area contributed by atoms with E-state index in [1.807, 2.05) is 19.2 Å². The Labute approximate surface area is 155 Å². The smallest absolute Gasteiger partial charge is 0.248 e. The van der Waals surface area contributed by atoms with Gasteiger partial charge in [0.15, 0.2) is 5.82 Å². The molecule has 140 valence electrons. The Hall–Kier alpha value is -2.37. The molecule has 6 nitrogen and oxygen atoms in total. The number of likely N-dealkylation sites (N-methyl/N-ethyl adjacent to an activating group) is 1. The summed E-state index contributed by atoms with van der Waals surface area (Å²) in [5.74, 6) is 1.29. The summed E-state index contributed by atoms with van der Waals surface area (Å²) in [6.07, 6.45) is 5.53. The first kappa shape index (κ1) is 18.4. The van der Waals surface area contributed by atoms with Crippen molar-refractivity contribution in [1.29, 1.82) is 0 Å². The third-order valence-electron chi connectivity index (χ3n) is 5.00. The van der Waals surface area contributed by atoms with Crippen molar-refractivity contribution in [2.24, 2.45) is 0 Å². The zero-order valence-corrected chi connectivity index (χ0v) is 15.9. The third kappa shape index (κ3) is 4.06. The molecule has 1 amide bonds. The summed E-state index contributed by atoms with van der Waals surface area (Å²) in [5, 5.41) is 7.52. The van der Waals surface area contributed by atoms with E-state index in [1.54, 1.807) is 4.90 Å². The summed E-state index contributed by atoms with van der Waals surface area (Å²) < 4.78 is 5.23. The average Bonchev–Trinajstić information content (AvgIpc) is 3.27. The van der Waals surface area contributed by atoms with Crippen LogP contribution in [0.1, 0.15) is 56.3 Å². The molecule has 6 heteroatoms. The molecule has 0 aliphatic heterocycles. The number of carbonyl (C=O) groups is 1. The lowest BCUT2D eigenvalue weighted by Gasteiger charge is -2.33. The summed E-state index contributed by atoms with van der Waals surface area (Å²) in [6.45, 7) is 4.50. The van der Waals surface area contributed by atoms with E-state index in [0.29, 0.717) is 18.3 Å². The van der Waals surface area contributed by atoms with Gasteiger partial charge in [-0.1, -0.05) is 42.6 Å². The second kappa shape index (κ2) is 7.89. The van der Waals surface area contributed by atoms with Crippen LogP contribution in [0.4, 0.5) is 5.69 Å². The molecule has 0 bridgehead atoms.